The lowest BCUT2D eigenvalue weighted by atomic mass is 9.93. The third kappa shape index (κ3) is 1.81. The summed E-state index contributed by atoms with van der Waals surface area (Å²) in [5.41, 5.74) is 0. The number of hydrogen-bond acceptors (Lipinski definition) is 4. The summed E-state index contributed by atoms with van der Waals surface area (Å²) in [6.07, 6.45) is 4.95. The van der Waals surface area contributed by atoms with E-state index in [1.165, 1.54) is 12.6 Å². The molecule has 1 aliphatic rings. The Morgan fingerprint density at radius 1 is 1.57 bits per heavy atom. The van der Waals surface area contributed by atoms with Crippen molar-refractivity contribution < 1.29 is 9.90 Å². The van der Waals surface area contributed by atoms with Gasteiger partial charge in [0.1, 0.15) is 5.82 Å². The summed E-state index contributed by atoms with van der Waals surface area (Å²) in [6.45, 7) is 0. The zero-order chi connectivity index (χ0) is 9.97. The van der Waals surface area contributed by atoms with E-state index >= 15 is 0 Å². The Morgan fingerprint density at radius 2 is 2.36 bits per heavy atom. The molecule has 0 spiro atoms. The van der Waals surface area contributed by atoms with E-state index in [0.29, 0.717) is 11.9 Å². The largest absolute Gasteiger partial charge is 0.475 e. The van der Waals surface area contributed by atoms with Crippen molar-refractivity contribution in [3.05, 3.63) is 18.1 Å². The smallest absolute Gasteiger partial charge is 0.374 e. The van der Waals surface area contributed by atoms with Gasteiger partial charge in [-0.05, 0) is 25.3 Å². The molecule has 2 N–H and O–H groups in total. The number of hydrogen-bond donors (Lipinski definition) is 2. The van der Waals surface area contributed by atoms with Gasteiger partial charge in [0.2, 0.25) is 5.82 Å². The predicted molar refractivity (Wildman–Crippen MR) is 50.3 cm³/mol. The van der Waals surface area contributed by atoms with Crippen molar-refractivity contribution in [1.29, 1.82) is 0 Å². The number of carbonyl (C=O) groups is 1. The van der Waals surface area contributed by atoms with E-state index in [2.05, 4.69) is 15.3 Å². The topological polar surface area (TPSA) is 75.1 Å². The van der Waals surface area contributed by atoms with Crippen LogP contribution in [0, 0.1) is 0 Å². The highest BCUT2D eigenvalue weighted by molar-refractivity contribution is 5.83. The highest BCUT2D eigenvalue weighted by Gasteiger charge is 2.17. The van der Waals surface area contributed by atoms with E-state index in [1.807, 2.05) is 0 Å². The van der Waals surface area contributed by atoms with Crippen LogP contribution in [0.4, 0.5) is 5.82 Å². The van der Waals surface area contributed by atoms with Crippen molar-refractivity contribution in [1.82, 2.24) is 9.97 Å². The number of nitrogens with one attached hydrogen (secondary N) is 1. The fourth-order valence-corrected chi connectivity index (χ4v) is 1.30. The fraction of sp³-hybridized carbons (Fsp3) is 0.444. The molecule has 1 aliphatic carbocycles. The van der Waals surface area contributed by atoms with Gasteiger partial charge in [-0.3, -0.25) is 0 Å². The van der Waals surface area contributed by atoms with E-state index in [4.69, 9.17) is 5.11 Å². The van der Waals surface area contributed by atoms with E-state index in [-0.39, 0.29) is 5.82 Å². The van der Waals surface area contributed by atoms with Crippen LogP contribution in [0.3, 0.4) is 0 Å². The molecule has 0 radical (unpaired) electrons. The van der Waals surface area contributed by atoms with Gasteiger partial charge < -0.3 is 10.4 Å². The third-order valence-corrected chi connectivity index (χ3v) is 2.30. The molecule has 74 valence electrons. The van der Waals surface area contributed by atoms with Crippen molar-refractivity contribution in [3.63, 3.8) is 0 Å². The number of carboxylic acid groups (broad SMARTS) is 1. The molecule has 2 rings (SSSR count). The quantitative estimate of drug-likeness (QED) is 0.752. The summed E-state index contributed by atoms with van der Waals surface area (Å²) in [5.74, 6) is -0.654. The van der Waals surface area contributed by atoms with Gasteiger partial charge in [-0.2, -0.15) is 0 Å². The van der Waals surface area contributed by atoms with Crippen LogP contribution in [-0.2, 0) is 0 Å². The summed E-state index contributed by atoms with van der Waals surface area (Å²) in [4.78, 5) is 18.1. The number of aromatic carboxylic acids is 1. The van der Waals surface area contributed by atoms with Crippen LogP contribution in [-0.4, -0.2) is 27.1 Å². The highest BCUT2D eigenvalue weighted by Crippen LogP contribution is 2.21. The molecule has 1 fully saturated rings. The zero-order valence-electron chi connectivity index (χ0n) is 7.60. The van der Waals surface area contributed by atoms with Crippen LogP contribution in [0.5, 0.6) is 0 Å². The third-order valence-electron chi connectivity index (χ3n) is 2.30. The van der Waals surface area contributed by atoms with Crippen molar-refractivity contribution in [3.8, 4) is 0 Å². The Kier molecular flexibility index (Phi) is 2.30. The van der Waals surface area contributed by atoms with Crippen LogP contribution in [0.1, 0.15) is 29.9 Å². The Balaban J connectivity index is 2.09. The lowest BCUT2D eigenvalue weighted by Gasteiger charge is -2.26. The monoisotopic (exact) mass is 193 g/mol. The molecule has 5 heteroatoms. The lowest BCUT2D eigenvalue weighted by molar-refractivity contribution is 0.0683. The Bertz CT molecular complexity index is 350. The van der Waals surface area contributed by atoms with Crippen molar-refractivity contribution in [2.24, 2.45) is 0 Å². The molecular weight excluding hydrogens is 182 g/mol. The summed E-state index contributed by atoms with van der Waals surface area (Å²) in [7, 11) is 0. The first kappa shape index (κ1) is 8.93. The second-order valence-electron chi connectivity index (χ2n) is 3.34. The Morgan fingerprint density at radius 3 is 2.93 bits per heavy atom. The molecule has 0 amide bonds. The number of carboxylic acids is 1. The molecule has 0 aromatic carbocycles. The highest BCUT2D eigenvalue weighted by atomic mass is 16.4. The van der Waals surface area contributed by atoms with Gasteiger partial charge in [-0.1, -0.05) is 0 Å². The number of anilines is 1. The average Bonchev–Trinajstić information content (AvgIpc) is 2.12. The first-order valence-corrected chi connectivity index (χ1v) is 4.58. The van der Waals surface area contributed by atoms with Crippen molar-refractivity contribution >= 4 is 11.8 Å². The number of nitrogens with zero attached hydrogens (tertiary/aromatic N) is 2. The molecule has 0 aliphatic heterocycles. The first-order valence-electron chi connectivity index (χ1n) is 4.58. The van der Waals surface area contributed by atoms with E-state index in [9.17, 15) is 4.79 Å². The van der Waals surface area contributed by atoms with E-state index in [1.54, 1.807) is 6.07 Å². The maximum absolute atomic E-state index is 10.6. The minimum absolute atomic E-state index is 0.158. The summed E-state index contributed by atoms with van der Waals surface area (Å²) >= 11 is 0. The molecule has 0 bridgehead atoms. The van der Waals surface area contributed by atoms with Gasteiger partial charge in [-0.15, -0.1) is 0 Å². The van der Waals surface area contributed by atoms with Crippen LogP contribution < -0.4 is 5.32 Å². The minimum Gasteiger partial charge on any atom is -0.475 e. The molecule has 1 saturated carbocycles. The zero-order valence-corrected chi connectivity index (χ0v) is 7.60. The number of rotatable bonds is 3. The van der Waals surface area contributed by atoms with Crippen LogP contribution in [0.25, 0.3) is 0 Å². The lowest BCUT2D eigenvalue weighted by Crippen LogP contribution is -2.27. The van der Waals surface area contributed by atoms with Crippen molar-refractivity contribution in [2.75, 3.05) is 5.32 Å². The van der Waals surface area contributed by atoms with Crippen LogP contribution in [0.2, 0.25) is 0 Å². The second-order valence-corrected chi connectivity index (χ2v) is 3.34. The summed E-state index contributed by atoms with van der Waals surface area (Å²) in [5, 5.41) is 11.8. The molecule has 1 heterocycles. The second kappa shape index (κ2) is 3.61. The van der Waals surface area contributed by atoms with Gasteiger partial charge in [0.25, 0.3) is 0 Å². The fourth-order valence-electron chi connectivity index (χ4n) is 1.30. The predicted octanol–water partition coefficient (Wildman–Crippen LogP) is 1.14. The van der Waals surface area contributed by atoms with E-state index < -0.39 is 5.97 Å². The van der Waals surface area contributed by atoms with Gasteiger partial charge >= 0.3 is 5.97 Å². The molecule has 1 aromatic heterocycles. The average molecular weight is 193 g/mol. The van der Waals surface area contributed by atoms with Gasteiger partial charge in [0, 0.05) is 12.2 Å². The molecule has 1 aromatic rings. The van der Waals surface area contributed by atoms with Crippen LogP contribution >= 0.6 is 0 Å². The molecule has 0 unspecified atom stereocenters. The van der Waals surface area contributed by atoms with Crippen molar-refractivity contribution in [2.45, 2.75) is 25.3 Å². The van der Waals surface area contributed by atoms with Gasteiger partial charge in [0.15, 0.2) is 0 Å². The maximum atomic E-state index is 10.6. The molecule has 5 nitrogen and oxygen atoms in total. The Labute approximate surface area is 81.2 Å². The van der Waals surface area contributed by atoms with Crippen LogP contribution in [0.15, 0.2) is 12.3 Å². The van der Waals surface area contributed by atoms with Gasteiger partial charge in [0.05, 0.1) is 0 Å². The number of aromatic nitrogens is 2. The standard InChI is InChI=1S/C9H11N3O2/c13-9(14)8-10-5-4-7(12-8)11-6-2-1-3-6/h4-6H,1-3H2,(H,13,14)(H,10,11,12). The normalized spacial score (nSPS) is 16.0. The van der Waals surface area contributed by atoms with Gasteiger partial charge in [-0.25, -0.2) is 14.8 Å². The Hall–Kier alpha value is -1.65. The van der Waals surface area contributed by atoms with E-state index in [0.717, 1.165) is 12.8 Å². The molecule has 0 saturated heterocycles. The minimum atomic E-state index is -1.10. The summed E-state index contributed by atoms with van der Waals surface area (Å²) < 4.78 is 0. The maximum Gasteiger partial charge on any atom is 0.374 e. The molecule has 0 atom stereocenters. The first-order chi connectivity index (χ1) is 6.75. The molecular formula is C9H11N3O2. The summed E-state index contributed by atoms with van der Waals surface area (Å²) in [6, 6.07) is 2.14. The SMILES string of the molecule is O=C(O)c1nccc(NC2CCC2)n1. The molecule has 14 heavy (non-hydrogen) atoms.